The van der Waals surface area contributed by atoms with E-state index in [-0.39, 0.29) is 34.7 Å². The van der Waals surface area contributed by atoms with Crippen molar-refractivity contribution in [1.29, 1.82) is 0 Å². The van der Waals surface area contributed by atoms with Crippen LogP contribution in [0.3, 0.4) is 0 Å². The fraction of sp³-hybridized carbons (Fsp3) is 0.435. The number of sulfone groups is 1. The molecule has 32 heavy (non-hydrogen) atoms. The molecule has 2 heterocycles. The Bertz CT molecular complexity index is 1040. The Morgan fingerprint density at radius 2 is 1.91 bits per heavy atom. The van der Waals surface area contributed by atoms with Gasteiger partial charge in [-0.3, -0.25) is 9.69 Å². The van der Waals surface area contributed by atoms with Gasteiger partial charge in [0, 0.05) is 34.3 Å². The lowest BCUT2D eigenvalue weighted by molar-refractivity contribution is -0.126. The van der Waals surface area contributed by atoms with Crippen molar-refractivity contribution in [2.45, 2.75) is 41.6 Å². The highest BCUT2D eigenvalue weighted by atomic mass is 35.5. The summed E-state index contributed by atoms with van der Waals surface area (Å²) < 4.78 is 28.8. The van der Waals surface area contributed by atoms with Crippen LogP contribution in [-0.2, 0) is 21.2 Å². The summed E-state index contributed by atoms with van der Waals surface area (Å²) in [7, 11) is -1.40. The number of hydrogen-bond acceptors (Lipinski definition) is 6. The molecule has 6 nitrogen and oxygen atoms in total. The number of nitrogens with zero attached hydrogens (tertiary/aromatic N) is 1. The molecule has 0 radical (unpaired) electrons. The number of halogens is 1. The summed E-state index contributed by atoms with van der Waals surface area (Å²) in [5, 5.41) is 3.92. The molecule has 0 saturated carbocycles. The largest absolute Gasteiger partial charge is 0.497 e. The SMILES string of the molecule is COc1ccc(S[C@@H]2C[C@@H](C(=O)NC3CCS(=O)(=O)C3)N(Cc3ccc(Cl)cc3)C2)cc1. The zero-order valence-electron chi connectivity index (χ0n) is 17.9. The predicted molar refractivity (Wildman–Crippen MR) is 128 cm³/mol. The molecule has 0 bridgehead atoms. The van der Waals surface area contributed by atoms with E-state index in [0.29, 0.717) is 24.4 Å². The Kier molecular flexibility index (Phi) is 7.34. The van der Waals surface area contributed by atoms with Gasteiger partial charge in [-0.05, 0) is 54.8 Å². The van der Waals surface area contributed by atoms with Gasteiger partial charge >= 0.3 is 0 Å². The number of carbonyl (C=O) groups excluding carboxylic acids is 1. The molecular formula is C23H27ClN2O4S2. The highest BCUT2D eigenvalue weighted by Crippen LogP contribution is 2.34. The van der Waals surface area contributed by atoms with Crippen LogP contribution in [0.15, 0.2) is 53.4 Å². The summed E-state index contributed by atoms with van der Waals surface area (Å²) in [5.74, 6) is 0.910. The molecule has 1 N–H and O–H groups in total. The Morgan fingerprint density at radius 1 is 1.19 bits per heavy atom. The molecule has 9 heteroatoms. The van der Waals surface area contributed by atoms with Crippen molar-refractivity contribution >= 4 is 39.1 Å². The van der Waals surface area contributed by atoms with Crippen molar-refractivity contribution in [3.8, 4) is 5.75 Å². The summed E-state index contributed by atoms with van der Waals surface area (Å²) in [6, 6.07) is 15.0. The third-order valence-corrected chi connectivity index (χ3v) is 9.15. The number of hydrogen-bond donors (Lipinski definition) is 1. The van der Waals surface area contributed by atoms with Crippen LogP contribution in [0.2, 0.25) is 5.02 Å². The smallest absolute Gasteiger partial charge is 0.237 e. The molecule has 2 fully saturated rings. The van der Waals surface area contributed by atoms with Crippen LogP contribution in [0.1, 0.15) is 18.4 Å². The maximum absolute atomic E-state index is 13.2. The van der Waals surface area contributed by atoms with E-state index in [2.05, 4.69) is 10.2 Å². The lowest BCUT2D eigenvalue weighted by Gasteiger charge is -2.25. The normalized spacial score (nSPS) is 25.0. The molecule has 1 amide bonds. The van der Waals surface area contributed by atoms with Crippen molar-refractivity contribution in [1.82, 2.24) is 10.2 Å². The highest BCUT2D eigenvalue weighted by molar-refractivity contribution is 8.00. The standard InChI is InChI=1S/C23H27ClN2O4S2/c1-30-19-6-8-20(9-7-19)31-21-12-22(23(27)25-18-10-11-32(28,29)15-18)26(14-21)13-16-2-4-17(24)5-3-16/h2-9,18,21-22H,10-15H2,1H3,(H,25,27)/t18?,21-,22+/m1/s1. The fourth-order valence-electron chi connectivity index (χ4n) is 4.27. The zero-order chi connectivity index (χ0) is 22.7. The number of nitrogens with one attached hydrogen (secondary N) is 1. The van der Waals surface area contributed by atoms with Crippen LogP contribution >= 0.6 is 23.4 Å². The third-order valence-electron chi connectivity index (χ3n) is 5.91. The van der Waals surface area contributed by atoms with Crippen LogP contribution in [0.4, 0.5) is 0 Å². The summed E-state index contributed by atoms with van der Waals surface area (Å²) >= 11 is 7.78. The molecule has 3 atom stereocenters. The Balaban J connectivity index is 1.46. The summed E-state index contributed by atoms with van der Waals surface area (Å²) in [4.78, 5) is 16.5. The number of rotatable bonds is 7. The van der Waals surface area contributed by atoms with Gasteiger partial charge < -0.3 is 10.1 Å². The summed E-state index contributed by atoms with van der Waals surface area (Å²) in [5.41, 5.74) is 1.09. The van der Waals surface area contributed by atoms with E-state index in [9.17, 15) is 13.2 Å². The average Bonchev–Trinajstić information content (AvgIpc) is 3.32. The predicted octanol–water partition coefficient (Wildman–Crippen LogP) is 3.39. The Hall–Kier alpha value is -1.74. The Morgan fingerprint density at radius 3 is 2.53 bits per heavy atom. The van der Waals surface area contributed by atoms with Crippen LogP contribution in [0, 0.1) is 0 Å². The topological polar surface area (TPSA) is 75.7 Å². The van der Waals surface area contributed by atoms with Gasteiger partial charge in [-0.1, -0.05) is 23.7 Å². The van der Waals surface area contributed by atoms with Gasteiger partial charge in [0.05, 0.1) is 24.7 Å². The third kappa shape index (κ3) is 5.98. The van der Waals surface area contributed by atoms with E-state index in [1.54, 1.807) is 18.9 Å². The van der Waals surface area contributed by atoms with Gasteiger partial charge in [0.25, 0.3) is 0 Å². The molecule has 0 aromatic heterocycles. The molecule has 2 saturated heterocycles. The number of thioether (sulfide) groups is 1. The minimum Gasteiger partial charge on any atom is -0.497 e. The number of amides is 1. The first-order valence-electron chi connectivity index (χ1n) is 10.6. The van der Waals surface area contributed by atoms with Crippen molar-refractivity contribution in [3.63, 3.8) is 0 Å². The first kappa shape index (κ1) is 23.4. The molecule has 0 aliphatic carbocycles. The number of methoxy groups -OCH3 is 1. The van der Waals surface area contributed by atoms with Gasteiger partial charge in [0.2, 0.25) is 5.91 Å². The first-order valence-corrected chi connectivity index (χ1v) is 13.7. The minimum absolute atomic E-state index is 0.0344. The Labute approximate surface area is 198 Å². The van der Waals surface area contributed by atoms with E-state index < -0.39 is 9.84 Å². The van der Waals surface area contributed by atoms with Crippen molar-refractivity contribution in [3.05, 3.63) is 59.1 Å². The molecule has 4 rings (SSSR count). The first-order chi connectivity index (χ1) is 15.3. The number of benzene rings is 2. The van der Waals surface area contributed by atoms with E-state index in [1.165, 1.54) is 0 Å². The van der Waals surface area contributed by atoms with E-state index in [1.807, 2.05) is 48.5 Å². The summed E-state index contributed by atoms with van der Waals surface area (Å²) in [6.07, 6.45) is 1.19. The quantitative estimate of drug-likeness (QED) is 0.636. The molecule has 2 aromatic rings. The maximum atomic E-state index is 13.2. The van der Waals surface area contributed by atoms with Crippen molar-refractivity contribution in [2.24, 2.45) is 0 Å². The molecular weight excluding hydrogens is 468 g/mol. The van der Waals surface area contributed by atoms with E-state index in [0.717, 1.165) is 22.8 Å². The highest BCUT2D eigenvalue weighted by Gasteiger charge is 2.39. The monoisotopic (exact) mass is 494 g/mol. The van der Waals surface area contributed by atoms with Crippen LogP contribution in [0.25, 0.3) is 0 Å². The van der Waals surface area contributed by atoms with Gasteiger partial charge in [-0.15, -0.1) is 11.8 Å². The molecule has 172 valence electrons. The van der Waals surface area contributed by atoms with Crippen LogP contribution in [0.5, 0.6) is 5.75 Å². The summed E-state index contributed by atoms with van der Waals surface area (Å²) in [6.45, 7) is 1.40. The van der Waals surface area contributed by atoms with E-state index >= 15 is 0 Å². The van der Waals surface area contributed by atoms with Gasteiger partial charge in [0.15, 0.2) is 9.84 Å². The fourth-order valence-corrected chi connectivity index (χ4v) is 7.29. The number of likely N-dealkylation sites (tertiary alicyclic amines) is 1. The van der Waals surface area contributed by atoms with Crippen LogP contribution < -0.4 is 10.1 Å². The molecule has 2 aliphatic rings. The number of carbonyl (C=O) groups is 1. The van der Waals surface area contributed by atoms with E-state index in [4.69, 9.17) is 16.3 Å². The zero-order valence-corrected chi connectivity index (χ0v) is 20.3. The number of ether oxygens (including phenoxy) is 1. The second-order valence-corrected chi connectivity index (χ2v) is 12.4. The molecule has 1 unspecified atom stereocenters. The second-order valence-electron chi connectivity index (χ2n) is 8.33. The van der Waals surface area contributed by atoms with Crippen molar-refractivity contribution in [2.75, 3.05) is 25.2 Å². The van der Waals surface area contributed by atoms with Gasteiger partial charge in [-0.2, -0.15) is 0 Å². The lowest BCUT2D eigenvalue weighted by atomic mass is 10.1. The molecule has 2 aromatic carbocycles. The second kappa shape index (κ2) is 10.0. The average molecular weight is 495 g/mol. The van der Waals surface area contributed by atoms with Crippen LogP contribution in [-0.4, -0.2) is 61.7 Å². The van der Waals surface area contributed by atoms with Gasteiger partial charge in [-0.25, -0.2) is 8.42 Å². The maximum Gasteiger partial charge on any atom is 0.237 e. The molecule has 0 spiro atoms. The minimum atomic E-state index is -3.04. The lowest BCUT2D eigenvalue weighted by Crippen LogP contribution is -2.47. The van der Waals surface area contributed by atoms with Gasteiger partial charge in [0.1, 0.15) is 5.75 Å². The van der Waals surface area contributed by atoms with Crippen molar-refractivity contribution < 1.29 is 17.9 Å². The molecule has 2 aliphatic heterocycles.